The van der Waals surface area contributed by atoms with Gasteiger partial charge in [-0.25, -0.2) is 14.0 Å². The maximum Gasteiger partial charge on any atom is 0.326 e. The van der Waals surface area contributed by atoms with E-state index in [1.165, 1.54) is 31.0 Å². The van der Waals surface area contributed by atoms with Gasteiger partial charge in [-0.2, -0.15) is 0 Å². The molecule has 7 nitrogen and oxygen atoms in total. The highest BCUT2D eigenvalue weighted by Crippen LogP contribution is 2.22. The van der Waals surface area contributed by atoms with E-state index in [0.29, 0.717) is 18.8 Å². The number of benzene rings is 1. The fraction of sp³-hybridized carbons (Fsp3) is 0.357. The zero-order chi connectivity index (χ0) is 16.4. The van der Waals surface area contributed by atoms with E-state index in [1.807, 2.05) is 0 Å². The number of carbonyl (C=O) groups excluding carboxylic acids is 2. The molecule has 1 aliphatic heterocycles. The zero-order valence-electron chi connectivity index (χ0n) is 12.2. The van der Waals surface area contributed by atoms with E-state index in [2.05, 4.69) is 5.32 Å². The van der Waals surface area contributed by atoms with E-state index in [4.69, 9.17) is 5.11 Å². The van der Waals surface area contributed by atoms with Gasteiger partial charge in [-0.3, -0.25) is 9.69 Å². The fourth-order valence-electron chi connectivity index (χ4n) is 2.09. The molecular weight excluding hydrogens is 293 g/mol. The Kier molecular flexibility index (Phi) is 4.30. The molecule has 22 heavy (non-hydrogen) atoms. The largest absolute Gasteiger partial charge is 0.480 e. The van der Waals surface area contributed by atoms with E-state index in [9.17, 15) is 18.8 Å². The van der Waals surface area contributed by atoms with E-state index in [1.54, 1.807) is 0 Å². The number of amides is 3. The third-order valence-corrected chi connectivity index (χ3v) is 3.61. The van der Waals surface area contributed by atoms with Crippen LogP contribution < -0.4 is 10.2 Å². The molecule has 1 aliphatic rings. The molecule has 0 saturated carbocycles. The molecule has 0 spiro atoms. The first-order valence-electron chi connectivity index (χ1n) is 6.68. The number of rotatable bonds is 4. The first-order valence-corrected chi connectivity index (χ1v) is 6.68. The van der Waals surface area contributed by atoms with Gasteiger partial charge in [0.2, 0.25) is 0 Å². The van der Waals surface area contributed by atoms with Crippen molar-refractivity contribution in [2.24, 2.45) is 0 Å². The second-order valence-electron chi connectivity index (χ2n) is 4.98. The molecule has 1 unspecified atom stereocenters. The van der Waals surface area contributed by atoms with Crippen molar-refractivity contribution in [3.05, 3.63) is 29.6 Å². The Morgan fingerprint density at radius 2 is 2.14 bits per heavy atom. The Bertz CT molecular complexity index is 635. The van der Waals surface area contributed by atoms with Crippen LogP contribution in [-0.2, 0) is 4.79 Å². The molecule has 1 fully saturated rings. The Morgan fingerprint density at radius 1 is 1.45 bits per heavy atom. The highest BCUT2D eigenvalue weighted by atomic mass is 19.1. The molecular formula is C14H16FN3O4. The summed E-state index contributed by atoms with van der Waals surface area (Å²) in [5.74, 6) is -2.71. The van der Waals surface area contributed by atoms with Gasteiger partial charge in [0.25, 0.3) is 5.91 Å². The number of hydrogen-bond donors (Lipinski definition) is 2. The normalized spacial score (nSPS) is 15.4. The number of nitrogens with zero attached hydrogens (tertiary/aromatic N) is 2. The molecule has 8 heteroatoms. The number of anilines is 1. The van der Waals surface area contributed by atoms with Crippen molar-refractivity contribution in [2.75, 3.05) is 25.0 Å². The summed E-state index contributed by atoms with van der Waals surface area (Å²) in [5.41, 5.74) is 0.115. The fourth-order valence-corrected chi connectivity index (χ4v) is 2.09. The van der Waals surface area contributed by atoms with Gasteiger partial charge >= 0.3 is 12.0 Å². The topological polar surface area (TPSA) is 89.9 Å². The molecule has 0 aromatic heterocycles. The van der Waals surface area contributed by atoms with Crippen LogP contribution in [0, 0.1) is 5.82 Å². The van der Waals surface area contributed by atoms with Crippen molar-refractivity contribution >= 4 is 23.6 Å². The Labute approximate surface area is 126 Å². The van der Waals surface area contributed by atoms with E-state index in [0.717, 1.165) is 11.0 Å². The predicted molar refractivity (Wildman–Crippen MR) is 76.3 cm³/mol. The lowest BCUT2D eigenvalue weighted by atomic mass is 10.1. The average Bonchev–Trinajstić information content (AvgIpc) is 2.91. The number of halogens is 1. The van der Waals surface area contributed by atoms with E-state index >= 15 is 0 Å². The molecule has 0 radical (unpaired) electrons. The van der Waals surface area contributed by atoms with Crippen molar-refractivity contribution in [1.29, 1.82) is 0 Å². The van der Waals surface area contributed by atoms with Crippen LogP contribution in [0.2, 0.25) is 0 Å². The lowest BCUT2D eigenvalue weighted by Crippen LogP contribution is -2.40. The molecule has 1 aromatic rings. The SMILES string of the molecule is CC(C(=O)O)N(C)C(=O)c1cc(N2CCNC2=O)ccc1F. The minimum Gasteiger partial charge on any atom is -0.480 e. The summed E-state index contributed by atoms with van der Waals surface area (Å²) in [6.07, 6.45) is 0. The maximum absolute atomic E-state index is 13.9. The molecule has 1 aromatic carbocycles. The molecule has 0 bridgehead atoms. The van der Waals surface area contributed by atoms with Gasteiger partial charge in [0.15, 0.2) is 0 Å². The minimum atomic E-state index is -1.19. The zero-order valence-corrected chi connectivity index (χ0v) is 12.2. The van der Waals surface area contributed by atoms with Crippen LogP contribution in [0.5, 0.6) is 0 Å². The first-order chi connectivity index (χ1) is 10.3. The highest BCUT2D eigenvalue weighted by molar-refractivity contribution is 5.99. The Balaban J connectivity index is 2.32. The summed E-state index contributed by atoms with van der Waals surface area (Å²) in [4.78, 5) is 37.1. The quantitative estimate of drug-likeness (QED) is 0.864. The van der Waals surface area contributed by atoms with Crippen LogP contribution in [0.1, 0.15) is 17.3 Å². The number of aliphatic carboxylic acids is 1. The van der Waals surface area contributed by atoms with E-state index in [-0.39, 0.29) is 11.6 Å². The van der Waals surface area contributed by atoms with Crippen molar-refractivity contribution < 1.29 is 23.9 Å². The minimum absolute atomic E-state index is 0.271. The van der Waals surface area contributed by atoms with Crippen LogP contribution in [0.3, 0.4) is 0 Å². The standard InChI is InChI=1S/C14H16FN3O4/c1-8(13(20)21)17(2)12(19)10-7-9(3-4-11(10)15)18-6-5-16-14(18)22/h3-4,7-8H,5-6H2,1-2H3,(H,16,22)(H,20,21). The van der Waals surface area contributed by atoms with Crippen molar-refractivity contribution in [3.8, 4) is 0 Å². The molecule has 1 heterocycles. The number of carboxylic acids is 1. The first kappa shape index (κ1) is 15.7. The second kappa shape index (κ2) is 6.00. The summed E-state index contributed by atoms with van der Waals surface area (Å²) in [7, 11) is 1.29. The summed E-state index contributed by atoms with van der Waals surface area (Å²) >= 11 is 0. The molecule has 1 saturated heterocycles. The predicted octanol–water partition coefficient (Wildman–Crippen LogP) is 0.900. The molecule has 1 atom stereocenters. The van der Waals surface area contributed by atoms with Gasteiger partial charge in [0.1, 0.15) is 11.9 Å². The summed E-state index contributed by atoms with van der Waals surface area (Å²) in [5, 5.41) is 11.5. The average molecular weight is 309 g/mol. The van der Waals surface area contributed by atoms with E-state index < -0.39 is 23.7 Å². The number of urea groups is 1. The van der Waals surface area contributed by atoms with Crippen molar-refractivity contribution in [1.82, 2.24) is 10.2 Å². The molecule has 2 rings (SSSR count). The lowest BCUT2D eigenvalue weighted by Gasteiger charge is -2.22. The summed E-state index contributed by atoms with van der Waals surface area (Å²) in [6.45, 7) is 2.21. The summed E-state index contributed by atoms with van der Waals surface area (Å²) < 4.78 is 13.9. The third-order valence-electron chi connectivity index (χ3n) is 3.61. The molecule has 0 aliphatic carbocycles. The molecule has 118 valence electrons. The van der Waals surface area contributed by atoms with Crippen LogP contribution >= 0.6 is 0 Å². The van der Waals surface area contributed by atoms with Gasteiger partial charge in [0, 0.05) is 25.8 Å². The number of hydrogen-bond acceptors (Lipinski definition) is 3. The van der Waals surface area contributed by atoms with Gasteiger partial charge in [0.05, 0.1) is 5.56 Å². The Hall–Kier alpha value is -2.64. The third kappa shape index (κ3) is 2.85. The van der Waals surface area contributed by atoms with Crippen LogP contribution in [0.25, 0.3) is 0 Å². The van der Waals surface area contributed by atoms with Crippen molar-refractivity contribution in [2.45, 2.75) is 13.0 Å². The number of carboxylic acid groups (broad SMARTS) is 1. The van der Waals surface area contributed by atoms with Gasteiger partial charge in [-0.1, -0.05) is 0 Å². The van der Waals surface area contributed by atoms with Crippen LogP contribution in [-0.4, -0.2) is 54.1 Å². The van der Waals surface area contributed by atoms with Crippen LogP contribution in [0.15, 0.2) is 18.2 Å². The second-order valence-corrected chi connectivity index (χ2v) is 4.98. The van der Waals surface area contributed by atoms with Crippen molar-refractivity contribution in [3.63, 3.8) is 0 Å². The smallest absolute Gasteiger partial charge is 0.326 e. The molecule has 2 N–H and O–H groups in total. The maximum atomic E-state index is 13.9. The van der Waals surface area contributed by atoms with Crippen LogP contribution in [0.4, 0.5) is 14.9 Å². The molecule has 3 amide bonds. The number of likely N-dealkylation sites (N-methyl/N-ethyl adjacent to an activating group) is 1. The monoisotopic (exact) mass is 309 g/mol. The number of nitrogens with one attached hydrogen (secondary N) is 1. The Morgan fingerprint density at radius 3 is 2.68 bits per heavy atom. The summed E-state index contributed by atoms with van der Waals surface area (Å²) in [6, 6.07) is 2.33. The van der Waals surface area contributed by atoms with Gasteiger partial charge in [-0.15, -0.1) is 0 Å². The number of carbonyl (C=O) groups is 3. The van der Waals surface area contributed by atoms with Gasteiger partial charge < -0.3 is 15.3 Å². The van der Waals surface area contributed by atoms with Gasteiger partial charge in [-0.05, 0) is 25.1 Å². The lowest BCUT2D eigenvalue weighted by molar-refractivity contribution is -0.141. The highest BCUT2D eigenvalue weighted by Gasteiger charge is 2.27.